The van der Waals surface area contributed by atoms with E-state index in [1.54, 1.807) is 7.11 Å². The molecule has 108 valence electrons. The second-order valence-electron chi connectivity index (χ2n) is 5.31. The van der Waals surface area contributed by atoms with Crippen LogP contribution in [0.5, 0.6) is 5.75 Å². The first-order valence-electron chi connectivity index (χ1n) is 6.81. The molecule has 20 heavy (non-hydrogen) atoms. The highest BCUT2D eigenvalue weighted by Gasteiger charge is 2.15. The zero-order chi connectivity index (χ0) is 14.5. The van der Waals surface area contributed by atoms with Crippen LogP contribution in [0.4, 0.5) is 0 Å². The summed E-state index contributed by atoms with van der Waals surface area (Å²) in [4.78, 5) is 4.40. The molecule has 0 spiro atoms. The molecule has 1 unspecified atom stereocenters. The number of nitrogens with zero attached hydrogens (tertiary/aromatic N) is 2. The summed E-state index contributed by atoms with van der Waals surface area (Å²) in [6.07, 6.45) is 1.53. The molecule has 0 saturated carbocycles. The third-order valence-electron chi connectivity index (χ3n) is 3.03. The van der Waals surface area contributed by atoms with E-state index in [4.69, 9.17) is 15.0 Å². The van der Waals surface area contributed by atoms with Crippen LogP contribution in [0.2, 0.25) is 0 Å². The Morgan fingerprint density at radius 2 is 2.05 bits per heavy atom. The highest BCUT2D eigenvalue weighted by atomic mass is 16.5. The van der Waals surface area contributed by atoms with Crippen molar-refractivity contribution >= 4 is 0 Å². The largest absolute Gasteiger partial charge is 0.496 e. The third-order valence-corrected chi connectivity index (χ3v) is 3.03. The smallest absolute Gasteiger partial charge is 0.228 e. The number of methoxy groups -OCH3 is 1. The van der Waals surface area contributed by atoms with E-state index in [-0.39, 0.29) is 6.04 Å². The first-order valence-corrected chi connectivity index (χ1v) is 6.81. The molecule has 0 amide bonds. The molecule has 5 nitrogen and oxygen atoms in total. The molecule has 0 aliphatic heterocycles. The van der Waals surface area contributed by atoms with Gasteiger partial charge in [0.2, 0.25) is 11.7 Å². The molecule has 1 atom stereocenters. The molecule has 2 N–H and O–H groups in total. The number of hydrogen-bond acceptors (Lipinski definition) is 5. The summed E-state index contributed by atoms with van der Waals surface area (Å²) < 4.78 is 10.6. The Balaban J connectivity index is 2.12. The number of aromatic nitrogens is 2. The molecule has 5 heteroatoms. The second-order valence-corrected chi connectivity index (χ2v) is 5.31. The van der Waals surface area contributed by atoms with Gasteiger partial charge < -0.3 is 15.0 Å². The Bertz CT molecular complexity index is 552. The maximum atomic E-state index is 6.06. The first-order chi connectivity index (χ1) is 9.60. The average Bonchev–Trinajstić information content (AvgIpc) is 2.85. The SMILES string of the molecule is COc1ccccc1-c1noc(CC(N)CC(C)C)n1. The molecule has 0 aliphatic rings. The molecular weight excluding hydrogens is 254 g/mol. The number of ether oxygens (including phenoxy) is 1. The maximum Gasteiger partial charge on any atom is 0.228 e. The number of para-hydroxylation sites is 1. The number of benzene rings is 1. The van der Waals surface area contributed by atoms with Crippen molar-refractivity contribution in [3.05, 3.63) is 30.2 Å². The fraction of sp³-hybridized carbons (Fsp3) is 0.467. The fourth-order valence-corrected chi connectivity index (χ4v) is 2.19. The van der Waals surface area contributed by atoms with Gasteiger partial charge in [-0.1, -0.05) is 31.1 Å². The Morgan fingerprint density at radius 1 is 1.30 bits per heavy atom. The molecule has 2 aromatic rings. The summed E-state index contributed by atoms with van der Waals surface area (Å²) in [5.74, 6) is 2.39. The normalized spacial score (nSPS) is 12.7. The molecule has 1 aromatic heterocycles. The Morgan fingerprint density at radius 3 is 2.75 bits per heavy atom. The van der Waals surface area contributed by atoms with E-state index in [0.717, 1.165) is 17.7 Å². The number of hydrogen-bond donors (Lipinski definition) is 1. The van der Waals surface area contributed by atoms with Crippen molar-refractivity contribution in [2.24, 2.45) is 11.7 Å². The Kier molecular flexibility index (Phi) is 4.74. The van der Waals surface area contributed by atoms with E-state index < -0.39 is 0 Å². The lowest BCUT2D eigenvalue weighted by Crippen LogP contribution is -2.24. The predicted molar refractivity (Wildman–Crippen MR) is 77.4 cm³/mol. The van der Waals surface area contributed by atoms with E-state index in [2.05, 4.69) is 24.0 Å². The van der Waals surface area contributed by atoms with E-state index in [1.165, 1.54) is 0 Å². The van der Waals surface area contributed by atoms with Gasteiger partial charge in [0.25, 0.3) is 0 Å². The summed E-state index contributed by atoms with van der Waals surface area (Å²) in [5, 5.41) is 4.01. The summed E-state index contributed by atoms with van der Waals surface area (Å²) in [5.41, 5.74) is 6.88. The van der Waals surface area contributed by atoms with E-state index in [1.807, 2.05) is 24.3 Å². The highest BCUT2D eigenvalue weighted by molar-refractivity contribution is 5.63. The molecule has 0 bridgehead atoms. The number of rotatable bonds is 6. The van der Waals surface area contributed by atoms with Crippen LogP contribution in [0.25, 0.3) is 11.4 Å². The van der Waals surface area contributed by atoms with Crippen LogP contribution < -0.4 is 10.5 Å². The lowest BCUT2D eigenvalue weighted by Gasteiger charge is -2.10. The zero-order valence-corrected chi connectivity index (χ0v) is 12.2. The Hall–Kier alpha value is -1.88. The van der Waals surface area contributed by atoms with Gasteiger partial charge in [-0.25, -0.2) is 0 Å². The van der Waals surface area contributed by atoms with Crippen LogP contribution in [-0.4, -0.2) is 23.3 Å². The van der Waals surface area contributed by atoms with Crippen molar-refractivity contribution in [1.82, 2.24) is 10.1 Å². The summed E-state index contributed by atoms with van der Waals surface area (Å²) in [6.45, 7) is 4.29. The van der Waals surface area contributed by atoms with Gasteiger partial charge in [-0.15, -0.1) is 0 Å². The second kappa shape index (κ2) is 6.52. The lowest BCUT2D eigenvalue weighted by molar-refractivity contribution is 0.358. The van der Waals surface area contributed by atoms with Crippen molar-refractivity contribution in [2.75, 3.05) is 7.11 Å². The van der Waals surface area contributed by atoms with Crippen LogP contribution in [0.15, 0.2) is 28.8 Å². The van der Waals surface area contributed by atoms with Crippen molar-refractivity contribution in [3.8, 4) is 17.1 Å². The van der Waals surface area contributed by atoms with E-state index in [0.29, 0.717) is 24.1 Å². The third kappa shape index (κ3) is 3.57. The molecular formula is C15H21N3O2. The van der Waals surface area contributed by atoms with Gasteiger partial charge in [-0.05, 0) is 24.5 Å². The van der Waals surface area contributed by atoms with Crippen molar-refractivity contribution in [3.63, 3.8) is 0 Å². The Labute approximate surface area is 119 Å². The first kappa shape index (κ1) is 14.5. The fourth-order valence-electron chi connectivity index (χ4n) is 2.19. The average molecular weight is 275 g/mol. The number of nitrogens with two attached hydrogens (primary N) is 1. The van der Waals surface area contributed by atoms with Gasteiger partial charge in [0, 0.05) is 12.5 Å². The molecule has 0 radical (unpaired) electrons. The minimum absolute atomic E-state index is 0.0426. The molecule has 1 aromatic carbocycles. The quantitative estimate of drug-likeness (QED) is 0.877. The van der Waals surface area contributed by atoms with Gasteiger partial charge in [-0.2, -0.15) is 4.98 Å². The van der Waals surface area contributed by atoms with Crippen molar-refractivity contribution in [2.45, 2.75) is 32.7 Å². The maximum absolute atomic E-state index is 6.06. The van der Waals surface area contributed by atoms with Crippen LogP contribution in [0, 0.1) is 5.92 Å². The summed E-state index contributed by atoms with van der Waals surface area (Å²) in [6, 6.07) is 7.64. The summed E-state index contributed by atoms with van der Waals surface area (Å²) >= 11 is 0. The lowest BCUT2D eigenvalue weighted by atomic mass is 10.0. The van der Waals surface area contributed by atoms with E-state index >= 15 is 0 Å². The minimum atomic E-state index is 0.0426. The topological polar surface area (TPSA) is 74.2 Å². The van der Waals surface area contributed by atoms with E-state index in [9.17, 15) is 0 Å². The van der Waals surface area contributed by atoms with Gasteiger partial charge in [0.05, 0.1) is 12.7 Å². The van der Waals surface area contributed by atoms with Crippen LogP contribution in [0.1, 0.15) is 26.2 Å². The van der Waals surface area contributed by atoms with Gasteiger partial charge in [0.15, 0.2) is 0 Å². The van der Waals surface area contributed by atoms with Gasteiger partial charge in [0.1, 0.15) is 5.75 Å². The molecule has 0 fully saturated rings. The standard InChI is InChI=1S/C15H21N3O2/c1-10(2)8-11(16)9-14-17-15(18-20-14)12-6-4-5-7-13(12)19-3/h4-7,10-11H,8-9,16H2,1-3H3. The van der Waals surface area contributed by atoms with Crippen molar-refractivity contribution in [1.29, 1.82) is 0 Å². The molecule has 2 rings (SSSR count). The molecule has 0 saturated heterocycles. The zero-order valence-electron chi connectivity index (χ0n) is 12.2. The summed E-state index contributed by atoms with van der Waals surface area (Å²) in [7, 11) is 1.62. The minimum Gasteiger partial charge on any atom is -0.496 e. The van der Waals surface area contributed by atoms with Crippen molar-refractivity contribution < 1.29 is 9.26 Å². The predicted octanol–water partition coefficient (Wildman–Crippen LogP) is 2.66. The van der Waals surface area contributed by atoms with Gasteiger partial charge in [-0.3, -0.25) is 0 Å². The van der Waals surface area contributed by atoms with Crippen LogP contribution in [0.3, 0.4) is 0 Å². The highest BCUT2D eigenvalue weighted by Crippen LogP contribution is 2.27. The van der Waals surface area contributed by atoms with Crippen LogP contribution >= 0.6 is 0 Å². The molecule has 1 heterocycles. The monoisotopic (exact) mass is 275 g/mol. The molecule has 0 aliphatic carbocycles. The van der Waals surface area contributed by atoms with Gasteiger partial charge >= 0.3 is 0 Å². The van der Waals surface area contributed by atoms with Crippen LogP contribution in [-0.2, 0) is 6.42 Å².